The highest BCUT2D eigenvalue weighted by Gasteiger charge is 2.46. The molecule has 5 aliphatic heterocycles. The number of ether oxygens (including phenoxy) is 2. The van der Waals surface area contributed by atoms with E-state index in [0.29, 0.717) is 46.6 Å². The number of rotatable bonds is 3. The Balaban J connectivity index is 1.48. The number of carbonyl (C=O) groups excluding carboxylic acids is 1. The highest BCUT2D eigenvalue weighted by Crippen LogP contribution is 2.58. The molecule has 0 amide bonds. The minimum absolute atomic E-state index is 0.0852. The summed E-state index contributed by atoms with van der Waals surface area (Å²) in [7, 11) is 3.17. The van der Waals surface area contributed by atoms with E-state index in [4.69, 9.17) is 20.2 Å². The fourth-order valence-electron chi connectivity index (χ4n) is 6.72. The standard InChI is InChI=1S/C28H27N5O3S/c1-35-19-7-6-15(12-20(19)36-2)21-16(13-29)26-31-25(30)24-22-14-8-10-32(11-9-14)27(22)37-28(24)33(26)17-4-3-5-18(34)23(17)21/h6-7,12,14,21H,3-5,8-11H2,1-2H3,(H2,30,31)/t21-/m0/s1. The van der Waals surface area contributed by atoms with Gasteiger partial charge in [-0.15, -0.1) is 0 Å². The van der Waals surface area contributed by atoms with Crippen molar-refractivity contribution in [2.24, 2.45) is 10.7 Å². The number of nitrogens with two attached hydrogens (primary N) is 1. The molecule has 1 atom stereocenters. The fraction of sp³-hybridized carbons (Fsp3) is 0.393. The molecule has 0 spiro atoms. The van der Waals surface area contributed by atoms with Gasteiger partial charge >= 0.3 is 0 Å². The van der Waals surface area contributed by atoms with Crippen molar-refractivity contribution in [3.05, 3.63) is 57.6 Å². The van der Waals surface area contributed by atoms with Crippen LogP contribution >= 0.6 is 11.3 Å². The molecule has 2 N–H and O–H groups in total. The van der Waals surface area contributed by atoms with E-state index in [-0.39, 0.29) is 5.78 Å². The number of hydrogen-bond donors (Lipinski definition) is 1. The molecule has 1 fully saturated rings. The van der Waals surface area contributed by atoms with E-state index in [1.807, 2.05) is 18.2 Å². The smallest absolute Gasteiger partial charge is 0.161 e. The first-order valence-corrected chi connectivity index (χ1v) is 13.6. The van der Waals surface area contributed by atoms with Crippen molar-refractivity contribution in [2.75, 3.05) is 37.1 Å². The Morgan fingerprint density at radius 1 is 1.14 bits per heavy atom. The first kappa shape index (κ1) is 22.4. The maximum absolute atomic E-state index is 13.6. The van der Waals surface area contributed by atoms with Crippen LogP contribution in [0.5, 0.6) is 11.5 Å². The van der Waals surface area contributed by atoms with Gasteiger partial charge in [-0.25, -0.2) is 4.99 Å². The maximum Gasteiger partial charge on any atom is 0.161 e. The average molecular weight is 514 g/mol. The van der Waals surface area contributed by atoms with Crippen LogP contribution < -0.4 is 25.0 Å². The zero-order valence-corrected chi connectivity index (χ0v) is 21.7. The monoisotopic (exact) mass is 513 g/mol. The Kier molecular flexibility index (Phi) is 4.92. The Morgan fingerprint density at radius 3 is 2.65 bits per heavy atom. The number of piperidine rings is 1. The van der Waals surface area contributed by atoms with Crippen molar-refractivity contribution in [3.63, 3.8) is 0 Å². The predicted molar refractivity (Wildman–Crippen MR) is 143 cm³/mol. The molecule has 188 valence electrons. The van der Waals surface area contributed by atoms with Crippen LogP contribution in [0.2, 0.25) is 0 Å². The average Bonchev–Trinajstić information content (AvgIpc) is 3.36. The van der Waals surface area contributed by atoms with Gasteiger partial charge in [-0.2, -0.15) is 5.26 Å². The number of benzene rings is 1. The second-order valence-electron chi connectivity index (χ2n) is 10.1. The molecule has 1 aromatic heterocycles. The van der Waals surface area contributed by atoms with Gasteiger partial charge in [0.15, 0.2) is 23.1 Å². The summed E-state index contributed by atoms with van der Waals surface area (Å²) in [6.45, 7) is 2.13. The molecule has 1 saturated heterocycles. The number of nitriles is 1. The number of aliphatic imine (C=N–C) groups is 1. The van der Waals surface area contributed by atoms with Gasteiger partial charge in [0.25, 0.3) is 0 Å². The summed E-state index contributed by atoms with van der Waals surface area (Å²) in [4.78, 5) is 23.0. The maximum atomic E-state index is 13.6. The normalized spacial score (nSPS) is 22.2. The Bertz CT molecular complexity index is 1500. The van der Waals surface area contributed by atoms with Crippen LogP contribution in [-0.4, -0.2) is 38.9 Å². The third-order valence-corrected chi connectivity index (χ3v) is 9.62. The van der Waals surface area contributed by atoms with Crippen LogP contribution in [0.15, 0.2) is 45.9 Å². The number of amidine groups is 1. The number of Topliss-reactive ketones (excluding diaryl/α,β-unsaturated/α-hetero) is 1. The third kappa shape index (κ3) is 2.99. The molecule has 1 aromatic carbocycles. The van der Waals surface area contributed by atoms with Gasteiger partial charge in [0, 0.05) is 36.3 Å². The van der Waals surface area contributed by atoms with E-state index in [0.717, 1.165) is 60.6 Å². The van der Waals surface area contributed by atoms with Crippen molar-refractivity contribution >= 4 is 33.0 Å². The molecule has 6 aliphatic rings. The molecular formula is C28H27N5O3S. The first-order chi connectivity index (χ1) is 18.0. The quantitative estimate of drug-likeness (QED) is 0.643. The number of thiophene rings is 1. The van der Waals surface area contributed by atoms with E-state index in [1.165, 1.54) is 10.6 Å². The molecule has 0 saturated carbocycles. The van der Waals surface area contributed by atoms with Gasteiger partial charge in [-0.1, -0.05) is 17.4 Å². The summed E-state index contributed by atoms with van der Waals surface area (Å²) in [5, 5.41) is 12.8. The molecule has 0 radical (unpaired) electrons. The fourth-order valence-corrected chi connectivity index (χ4v) is 8.20. The Labute approximate surface area is 219 Å². The van der Waals surface area contributed by atoms with E-state index in [1.54, 1.807) is 25.6 Å². The lowest BCUT2D eigenvalue weighted by atomic mass is 9.75. The SMILES string of the molecule is COc1ccc([C@H]2C(C#N)=C3N=C(N)c4c(sc5c4C4CCN5CC4)N3C3=C2C(=O)CCC3)cc1OC. The largest absolute Gasteiger partial charge is 0.493 e. The van der Waals surface area contributed by atoms with E-state index in [9.17, 15) is 10.1 Å². The summed E-state index contributed by atoms with van der Waals surface area (Å²) >= 11 is 1.73. The molecule has 6 heterocycles. The summed E-state index contributed by atoms with van der Waals surface area (Å²) in [5.74, 6) is 2.20. The lowest BCUT2D eigenvalue weighted by Crippen LogP contribution is -2.40. The van der Waals surface area contributed by atoms with Crippen LogP contribution in [0.1, 0.15) is 60.6 Å². The van der Waals surface area contributed by atoms with E-state index < -0.39 is 5.92 Å². The zero-order valence-electron chi connectivity index (χ0n) is 20.8. The zero-order chi connectivity index (χ0) is 25.4. The van der Waals surface area contributed by atoms with Crippen molar-refractivity contribution in [3.8, 4) is 17.6 Å². The summed E-state index contributed by atoms with van der Waals surface area (Å²) in [6, 6.07) is 8.01. The molecule has 9 heteroatoms. The van der Waals surface area contributed by atoms with Crippen LogP contribution in [0.25, 0.3) is 0 Å². The predicted octanol–water partition coefficient (Wildman–Crippen LogP) is 4.53. The summed E-state index contributed by atoms with van der Waals surface area (Å²) in [6.07, 6.45) is 4.25. The number of nitrogens with zero attached hydrogens (tertiary/aromatic N) is 4. The van der Waals surface area contributed by atoms with Gasteiger partial charge < -0.3 is 20.1 Å². The van der Waals surface area contributed by atoms with Crippen molar-refractivity contribution in [1.29, 1.82) is 5.26 Å². The molecule has 0 unspecified atom stereocenters. The third-order valence-electron chi connectivity index (χ3n) is 8.37. The molecule has 37 heavy (non-hydrogen) atoms. The minimum atomic E-state index is -0.536. The van der Waals surface area contributed by atoms with Crippen LogP contribution in [-0.2, 0) is 4.79 Å². The summed E-state index contributed by atoms with van der Waals surface area (Å²) in [5.41, 5.74) is 11.9. The van der Waals surface area contributed by atoms with Crippen LogP contribution in [0.3, 0.4) is 0 Å². The number of anilines is 2. The van der Waals surface area contributed by atoms with Crippen molar-refractivity contribution in [1.82, 2.24) is 0 Å². The molecule has 2 aromatic rings. The van der Waals surface area contributed by atoms with Crippen LogP contribution in [0, 0.1) is 11.3 Å². The number of fused-ring (bicyclic) bond motifs is 6. The lowest BCUT2D eigenvalue weighted by Gasteiger charge is -2.41. The number of allylic oxidation sites excluding steroid dienone is 3. The Hall–Kier alpha value is -3.77. The van der Waals surface area contributed by atoms with Gasteiger partial charge in [-0.05, 0) is 49.3 Å². The highest BCUT2D eigenvalue weighted by molar-refractivity contribution is 7.21. The van der Waals surface area contributed by atoms with Crippen molar-refractivity contribution in [2.45, 2.75) is 43.9 Å². The lowest BCUT2D eigenvalue weighted by molar-refractivity contribution is -0.116. The minimum Gasteiger partial charge on any atom is -0.493 e. The molecule has 2 bridgehead atoms. The second-order valence-corrected chi connectivity index (χ2v) is 11.1. The van der Waals surface area contributed by atoms with Crippen molar-refractivity contribution < 1.29 is 14.3 Å². The number of hydrogen-bond acceptors (Lipinski definition) is 9. The van der Waals surface area contributed by atoms with Crippen LogP contribution in [0.4, 0.5) is 10.0 Å². The highest BCUT2D eigenvalue weighted by atomic mass is 32.1. The summed E-state index contributed by atoms with van der Waals surface area (Å²) < 4.78 is 11.0. The number of carbonyl (C=O) groups is 1. The first-order valence-electron chi connectivity index (χ1n) is 12.7. The number of ketones is 1. The molecule has 1 aliphatic carbocycles. The van der Waals surface area contributed by atoms with Gasteiger partial charge in [0.2, 0.25) is 0 Å². The topological polar surface area (TPSA) is 104 Å². The van der Waals surface area contributed by atoms with E-state index in [2.05, 4.69) is 15.9 Å². The van der Waals surface area contributed by atoms with Gasteiger partial charge in [0.05, 0.1) is 42.3 Å². The molecule has 8 nitrogen and oxygen atoms in total. The number of methoxy groups -OCH3 is 2. The molecular weight excluding hydrogens is 486 g/mol. The molecule has 8 rings (SSSR count). The van der Waals surface area contributed by atoms with E-state index >= 15 is 0 Å². The van der Waals surface area contributed by atoms with Gasteiger partial charge in [0.1, 0.15) is 10.8 Å². The Morgan fingerprint density at radius 2 is 1.92 bits per heavy atom. The van der Waals surface area contributed by atoms with Gasteiger partial charge in [-0.3, -0.25) is 9.69 Å². The second kappa shape index (κ2) is 8.12.